The number of hydrogen-bond acceptors (Lipinski definition) is 8. The Balaban J connectivity index is 1.31. The van der Waals surface area contributed by atoms with Crippen LogP contribution in [-0.4, -0.2) is 55.1 Å². The highest BCUT2D eigenvalue weighted by Crippen LogP contribution is 2.28. The third kappa shape index (κ3) is 4.93. The number of sulfonamides is 1. The average molecular weight is 465 g/mol. The van der Waals surface area contributed by atoms with Crippen molar-refractivity contribution in [1.29, 1.82) is 0 Å². The zero-order chi connectivity index (χ0) is 21.0. The summed E-state index contributed by atoms with van der Waals surface area (Å²) in [5.41, 5.74) is 1.88. The van der Waals surface area contributed by atoms with Gasteiger partial charge in [0.1, 0.15) is 5.01 Å². The van der Waals surface area contributed by atoms with Crippen molar-refractivity contribution in [3.63, 3.8) is 0 Å². The van der Waals surface area contributed by atoms with Gasteiger partial charge in [0, 0.05) is 30.5 Å². The molecule has 0 radical (unpaired) electrons. The van der Waals surface area contributed by atoms with E-state index < -0.39 is 10.0 Å². The van der Waals surface area contributed by atoms with E-state index in [0.717, 1.165) is 16.1 Å². The summed E-state index contributed by atoms with van der Waals surface area (Å²) in [5.74, 6) is -0.159. The van der Waals surface area contributed by atoms with E-state index in [9.17, 15) is 13.2 Å². The van der Waals surface area contributed by atoms with E-state index in [1.165, 1.54) is 15.6 Å². The smallest absolute Gasteiger partial charge is 0.243 e. The minimum Gasteiger partial charge on any atom is -0.379 e. The summed E-state index contributed by atoms with van der Waals surface area (Å²) in [5, 5.41) is 16.1. The largest absolute Gasteiger partial charge is 0.379 e. The van der Waals surface area contributed by atoms with Crippen molar-refractivity contribution < 1.29 is 17.9 Å². The van der Waals surface area contributed by atoms with Gasteiger partial charge in [0.2, 0.25) is 21.1 Å². The summed E-state index contributed by atoms with van der Waals surface area (Å²) < 4.78 is 32.0. The molecule has 8 nitrogen and oxygen atoms in total. The molecule has 1 N–H and O–H groups in total. The standard InChI is InChI=1S/C19H20N4O4S3/c24-17(20-19-22-21-18(29-19)15-7-12-28-13-15)6-3-14-1-4-16(5-2-14)30(25,26)23-8-10-27-11-9-23/h1-2,4-5,7,12-13H,3,6,8-11H2,(H,20,22,24). The number of thiophene rings is 1. The molecule has 0 saturated carbocycles. The Hall–Kier alpha value is -2.18. The maximum atomic E-state index is 12.7. The lowest BCUT2D eigenvalue weighted by molar-refractivity contribution is -0.116. The Morgan fingerprint density at radius 1 is 1.13 bits per heavy atom. The number of anilines is 1. The van der Waals surface area contributed by atoms with E-state index >= 15 is 0 Å². The highest BCUT2D eigenvalue weighted by atomic mass is 32.2. The lowest BCUT2D eigenvalue weighted by Crippen LogP contribution is -2.40. The predicted octanol–water partition coefficient (Wildman–Crippen LogP) is 2.86. The molecule has 0 atom stereocenters. The van der Waals surface area contributed by atoms with Gasteiger partial charge in [-0.2, -0.15) is 15.6 Å². The van der Waals surface area contributed by atoms with Crippen LogP contribution < -0.4 is 5.32 Å². The zero-order valence-corrected chi connectivity index (χ0v) is 18.4. The summed E-state index contributed by atoms with van der Waals surface area (Å²) >= 11 is 2.91. The van der Waals surface area contributed by atoms with Crippen LogP contribution in [0.25, 0.3) is 10.6 Å². The van der Waals surface area contributed by atoms with Crippen LogP contribution in [-0.2, 0) is 26.0 Å². The van der Waals surface area contributed by atoms with E-state index in [0.29, 0.717) is 37.9 Å². The van der Waals surface area contributed by atoms with Gasteiger partial charge in [-0.25, -0.2) is 8.42 Å². The highest BCUT2D eigenvalue weighted by molar-refractivity contribution is 7.89. The lowest BCUT2D eigenvalue weighted by Gasteiger charge is -2.26. The Bertz CT molecular complexity index is 1090. The van der Waals surface area contributed by atoms with Gasteiger partial charge in [-0.05, 0) is 35.6 Å². The fourth-order valence-corrected chi connectivity index (χ4v) is 5.86. The second-order valence-corrected chi connectivity index (χ2v) is 10.3. The number of amides is 1. The zero-order valence-electron chi connectivity index (χ0n) is 16.0. The van der Waals surface area contributed by atoms with Gasteiger partial charge in [0.05, 0.1) is 18.1 Å². The predicted molar refractivity (Wildman–Crippen MR) is 116 cm³/mol. The van der Waals surface area contributed by atoms with Crippen LogP contribution in [0.3, 0.4) is 0 Å². The van der Waals surface area contributed by atoms with Gasteiger partial charge in [0.15, 0.2) is 0 Å². The quantitative estimate of drug-likeness (QED) is 0.577. The van der Waals surface area contributed by atoms with Crippen molar-refractivity contribution in [3.8, 4) is 10.6 Å². The molecule has 1 aliphatic heterocycles. The molecule has 0 unspecified atom stereocenters. The van der Waals surface area contributed by atoms with Crippen LogP contribution in [0.5, 0.6) is 0 Å². The first-order valence-electron chi connectivity index (χ1n) is 9.35. The molecule has 3 aromatic rings. The number of carbonyl (C=O) groups is 1. The number of hydrogen-bond donors (Lipinski definition) is 1. The van der Waals surface area contributed by atoms with Gasteiger partial charge < -0.3 is 10.1 Å². The first-order chi connectivity index (χ1) is 14.5. The van der Waals surface area contributed by atoms with Gasteiger partial charge in [0.25, 0.3) is 0 Å². The third-order valence-electron chi connectivity index (χ3n) is 4.61. The second kappa shape index (κ2) is 9.31. The molecule has 1 aliphatic rings. The van der Waals surface area contributed by atoms with Crippen LogP contribution in [0.2, 0.25) is 0 Å². The number of aryl methyl sites for hydroxylation is 1. The summed E-state index contributed by atoms with van der Waals surface area (Å²) in [4.78, 5) is 12.5. The minimum absolute atomic E-state index is 0.159. The van der Waals surface area contributed by atoms with Crippen molar-refractivity contribution in [2.75, 3.05) is 31.6 Å². The second-order valence-electron chi connectivity index (χ2n) is 6.63. The number of morpholine rings is 1. The number of ether oxygens (including phenoxy) is 1. The molecule has 158 valence electrons. The van der Waals surface area contributed by atoms with Crippen molar-refractivity contribution in [2.24, 2.45) is 0 Å². The molecule has 1 amide bonds. The molecule has 0 spiro atoms. The fraction of sp³-hybridized carbons (Fsp3) is 0.316. The topological polar surface area (TPSA) is 101 Å². The van der Waals surface area contributed by atoms with Crippen molar-refractivity contribution in [1.82, 2.24) is 14.5 Å². The maximum absolute atomic E-state index is 12.7. The third-order valence-corrected chi connectivity index (χ3v) is 8.10. The Morgan fingerprint density at radius 3 is 2.60 bits per heavy atom. The highest BCUT2D eigenvalue weighted by Gasteiger charge is 2.26. The van der Waals surface area contributed by atoms with Gasteiger partial charge in [-0.1, -0.05) is 23.5 Å². The normalized spacial score (nSPS) is 15.2. The van der Waals surface area contributed by atoms with Crippen molar-refractivity contribution in [2.45, 2.75) is 17.7 Å². The number of benzene rings is 1. The van der Waals surface area contributed by atoms with Crippen molar-refractivity contribution in [3.05, 3.63) is 46.7 Å². The minimum atomic E-state index is -3.51. The van der Waals surface area contributed by atoms with Crippen LogP contribution in [0, 0.1) is 0 Å². The summed E-state index contributed by atoms with van der Waals surface area (Å²) in [6.45, 7) is 1.56. The molecular weight excluding hydrogens is 444 g/mol. The van der Waals surface area contributed by atoms with Crippen molar-refractivity contribution >= 4 is 43.7 Å². The first-order valence-corrected chi connectivity index (χ1v) is 12.5. The SMILES string of the molecule is O=C(CCc1ccc(S(=O)(=O)N2CCOCC2)cc1)Nc1nnc(-c2ccsc2)s1. The fourth-order valence-electron chi connectivity index (χ4n) is 2.98. The number of rotatable bonds is 7. The molecular formula is C19H20N4O4S3. The molecule has 1 fully saturated rings. The molecule has 11 heteroatoms. The van der Waals surface area contributed by atoms with Gasteiger partial charge in [-0.3, -0.25) is 4.79 Å². The van der Waals surface area contributed by atoms with E-state index in [2.05, 4.69) is 15.5 Å². The lowest BCUT2D eigenvalue weighted by atomic mass is 10.1. The van der Waals surface area contributed by atoms with E-state index in [1.54, 1.807) is 35.6 Å². The molecule has 3 heterocycles. The summed E-state index contributed by atoms with van der Waals surface area (Å²) in [7, 11) is -3.51. The monoisotopic (exact) mass is 464 g/mol. The van der Waals surface area contributed by atoms with E-state index in [4.69, 9.17) is 4.74 Å². The number of nitrogens with one attached hydrogen (secondary N) is 1. The van der Waals surface area contributed by atoms with E-state index in [1.807, 2.05) is 16.8 Å². The van der Waals surface area contributed by atoms with Crippen LogP contribution >= 0.6 is 22.7 Å². The number of nitrogens with zero attached hydrogens (tertiary/aromatic N) is 3. The molecule has 2 aromatic heterocycles. The molecule has 1 saturated heterocycles. The van der Waals surface area contributed by atoms with E-state index in [-0.39, 0.29) is 17.2 Å². The molecule has 1 aromatic carbocycles. The molecule has 0 aliphatic carbocycles. The average Bonchev–Trinajstić information content (AvgIpc) is 3.45. The number of carbonyl (C=O) groups excluding carboxylic acids is 1. The Labute approximate surface area is 182 Å². The number of aromatic nitrogens is 2. The summed E-state index contributed by atoms with van der Waals surface area (Å²) in [6, 6.07) is 8.64. The summed E-state index contributed by atoms with van der Waals surface area (Å²) in [6.07, 6.45) is 0.767. The Morgan fingerprint density at radius 2 is 1.90 bits per heavy atom. The molecule has 0 bridgehead atoms. The molecule has 4 rings (SSSR count). The van der Waals surface area contributed by atoms with Crippen LogP contribution in [0.1, 0.15) is 12.0 Å². The Kier molecular flexibility index (Phi) is 6.54. The molecule has 30 heavy (non-hydrogen) atoms. The van der Waals surface area contributed by atoms with Crippen LogP contribution in [0.4, 0.5) is 5.13 Å². The van der Waals surface area contributed by atoms with Crippen LogP contribution in [0.15, 0.2) is 46.0 Å². The van der Waals surface area contributed by atoms with Gasteiger partial charge in [-0.15, -0.1) is 10.2 Å². The first kappa shape index (κ1) is 21.1. The van der Waals surface area contributed by atoms with Gasteiger partial charge >= 0.3 is 0 Å². The maximum Gasteiger partial charge on any atom is 0.243 e.